The first-order chi connectivity index (χ1) is 8.97. The Labute approximate surface area is 115 Å². The first kappa shape index (κ1) is 13.9. The minimum absolute atomic E-state index is 0.163. The lowest BCUT2D eigenvalue weighted by atomic mass is 9.85. The minimum Gasteiger partial charge on any atom is -0.508 e. The van der Waals surface area contributed by atoms with Crippen LogP contribution < -0.4 is 0 Å². The molecule has 0 aliphatic carbocycles. The van der Waals surface area contributed by atoms with Gasteiger partial charge in [-0.1, -0.05) is 26.0 Å². The number of nitrogens with zero attached hydrogens (tertiary/aromatic N) is 1. The molecule has 1 amide bonds. The van der Waals surface area contributed by atoms with E-state index in [2.05, 4.69) is 20.8 Å². The maximum Gasteiger partial charge on any atom is 0.227 e. The van der Waals surface area contributed by atoms with Gasteiger partial charge in [-0.05, 0) is 42.9 Å². The third kappa shape index (κ3) is 3.28. The van der Waals surface area contributed by atoms with Gasteiger partial charge in [-0.3, -0.25) is 4.79 Å². The molecule has 1 aliphatic rings. The lowest BCUT2D eigenvalue weighted by Crippen LogP contribution is -2.49. The third-order valence-electron chi connectivity index (χ3n) is 4.18. The van der Waals surface area contributed by atoms with Crippen LogP contribution in [0.3, 0.4) is 0 Å². The Morgan fingerprint density at radius 1 is 1.37 bits per heavy atom. The molecule has 1 heterocycles. The maximum atomic E-state index is 12.4. The molecule has 3 nitrogen and oxygen atoms in total. The Morgan fingerprint density at radius 2 is 2.11 bits per heavy atom. The summed E-state index contributed by atoms with van der Waals surface area (Å²) in [6, 6.07) is 7.27. The second kappa shape index (κ2) is 5.64. The van der Waals surface area contributed by atoms with Crippen LogP contribution in [-0.2, 0) is 11.2 Å². The molecule has 1 aliphatic heterocycles. The van der Waals surface area contributed by atoms with Crippen LogP contribution in [0, 0.1) is 11.8 Å². The molecule has 19 heavy (non-hydrogen) atoms. The zero-order valence-electron chi connectivity index (χ0n) is 12.0. The number of phenolic OH excluding ortho intramolecular Hbond substituents is 1. The minimum atomic E-state index is 0.163. The van der Waals surface area contributed by atoms with Crippen molar-refractivity contribution in [1.29, 1.82) is 0 Å². The fourth-order valence-electron chi connectivity index (χ4n) is 2.99. The monoisotopic (exact) mass is 261 g/mol. The topological polar surface area (TPSA) is 40.5 Å². The average molecular weight is 261 g/mol. The van der Waals surface area contributed by atoms with Crippen molar-refractivity contribution in [3.63, 3.8) is 0 Å². The molecule has 3 heteroatoms. The van der Waals surface area contributed by atoms with Crippen molar-refractivity contribution < 1.29 is 9.90 Å². The Balaban J connectivity index is 2.06. The number of benzene rings is 1. The maximum absolute atomic E-state index is 12.4. The van der Waals surface area contributed by atoms with Crippen LogP contribution in [0.4, 0.5) is 0 Å². The average Bonchev–Trinajstić information content (AvgIpc) is 2.33. The zero-order chi connectivity index (χ0) is 14.0. The number of phenols is 1. The summed E-state index contributed by atoms with van der Waals surface area (Å²) in [5, 5.41) is 9.45. The number of carbonyl (C=O) groups excluding carboxylic acids is 1. The van der Waals surface area contributed by atoms with E-state index in [-0.39, 0.29) is 11.7 Å². The first-order valence-electron chi connectivity index (χ1n) is 7.04. The molecule has 3 atom stereocenters. The molecule has 1 N–H and O–H groups in total. The van der Waals surface area contributed by atoms with Crippen molar-refractivity contribution in [2.24, 2.45) is 11.8 Å². The molecule has 0 saturated carbocycles. The number of hydrogen-bond donors (Lipinski definition) is 1. The summed E-state index contributed by atoms with van der Waals surface area (Å²) in [4.78, 5) is 14.4. The Hall–Kier alpha value is -1.51. The summed E-state index contributed by atoms with van der Waals surface area (Å²) >= 11 is 0. The van der Waals surface area contributed by atoms with Crippen molar-refractivity contribution in [2.75, 3.05) is 6.54 Å². The van der Waals surface area contributed by atoms with E-state index in [0.717, 1.165) is 12.1 Å². The fourth-order valence-corrected chi connectivity index (χ4v) is 2.99. The SMILES string of the molecule is CC1CC(C)C(C)N(C(=O)Cc2cccc(O)c2)C1. The molecule has 3 unspecified atom stereocenters. The van der Waals surface area contributed by atoms with Gasteiger partial charge in [-0.15, -0.1) is 0 Å². The number of amides is 1. The summed E-state index contributed by atoms with van der Waals surface area (Å²) < 4.78 is 0. The van der Waals surface area contributed by atoms with E-state index < -0.39 is 0 Å². The molecule has 2 rings (SSSR count). The van der Waals surface area contributed by atoms with E-state index in [1.54, 1.807) is 18.2 Å². The van der Waals surface area contributed by atoms with Crippen LogP contribution in [0.2, 0.25) is 0 Å². The molecule has 0 aromatic heterocycles. The van der Waals surface area contributed by atoms with E-state index in [4.69, 9.17) is 0 Å². The highest BCUT2D eigenvalue weighted by molar-refractivity contribution is 5.79. The van der Waals surface area contributed by atoms with Gasteiger partial charge in [0, 0.05) is 12.6 Å². The molecule has 0 bridgehead atoms. The summed E-state index contributed by atoms with van der Waals surface area (Å²) in [5.74, 6) is 1.51. The normalized spacial score (nSPS) is 27.3. The molecule has 1 aromatic carbocycles. The Bertz CT molecular complexity index is 458. The summed E-state index contributed by atoms with van der Waals surface area (Å²) in [7, 11) is 0. The van der Waals surface area contributed by atoms with Gasteiger partial charge in [0.2, 0.25) is 5.91 Å². The van der Waals surface area contributed by atoms with Crippen molar-refractivity contribution in [1.82, 2.24) is 4.90 Å². The molecule has 0 spiro atoms. The third-order valence-corrected chi connectivity index (χ3v) is 4.18. The first-order valence-corrected chi connectivity index (χ1v) is 7.04. The second-order valence-corrected chi connectivity index (χ2v) is 5.95. The van der Waals surface area contributed by atoms with Crippen LogP contribution >= 0.6 is 0 Å². The summed E-state index contributed by atoms with van der Waals surface area (Å²) in [5.41, 5.74) is 0.878. The highest BCUT2D eigenvalue weighted by Crippen LogP contribution is 2.27. The summed E-state index contributed by atoms with van der Waals surface area (Å²) in [6.07, 6.45) is 1.56. The van der Waals surface area contributed by atoms with Crippen LogP contribution in [-0.4, -0.2) is 28.5 Å². The number of piperidine rings is 1. The van der Waals surface area contributed by atoms with Gasteiger partial charge in [-0.25, -0.2) is 0 Å². The number of aromatic hydroxyl groups is 1. The smallest absolute Gasteiger partial charge is 0.227 e. The number of likely N-dealkylation sites (tertiary alicyclic amines) is 1. The van der Waals surface area contributed by atoms with E-state index in [1.807, 2.05) is 11.0 Å². The van der Waals surface area contributed by atoms with Gasteiger partial charge in [0.25, 0.3) is 0 Å². The highest BCUT2D eigenvalue weighted by Gasteiger charge is 2.31. The van der Waals surface area contributed by atoms with Crippen LogP contribution in [0.15, 0.2) is 24.3 Å². The Morgan fingerprint density at radius 3 is 2.79 bits per heavy atom. The quantitative estimate of drug-likeness (QED) is 0.889. The highest BCUT2D eigenvalue weighted by atomic mass is 16.3. The fraction of sp³-hybridized carbons (Fsp3) is 0.562. The molecule has 1 saturated heterocycles. The molecular formula is C16H23NO2. The van der Waals surface area contributed by atoms with Gasteiger partial charge in [0.05, 0.1) is 6.42 Å². The molecule has 104 valence electrons. The van der Waals surface area contributed by atoms with Crippen LogP contribution in [0.25, 0.3) is 0 Å². The van der Waals surface area contributed by atoms with E-state index in [9.17, 15) is 9.90 Å². The van der Waals surface area contributed by atoms with Gasteiger partial charge in [0.1, 0.15) is 5.75 Å². The Kier molecular flexibility index (Phi) is 4.13. The number of rotatable bonds is 2. The second-order valence-electron chi connectivity index (χ2n) is 5.95. The van der Waals surface area contributed by atoms with Gasteiger partial charge in [-0.2, -0.15) is 0 Å². The van der Waals surface area contributed by atoms with Gasteiger partial charge in [0.15, 0.2) is 0 Å². The number of hydrogen-bond acceptors (Lipinski definition) is 2. The molecule has 0 radical (unpaired) electrons. The van der Waals surface area contributed by atoms with Crippen molar-refractivity contribution in [3.8, 4) is 5.75 Å². The number of carbonyl (C=O) groups is 1. The van der Waals surface area contributed by atoms with E-state index >= 15 is 0 Å². The van der Waals surface area contributed by atoms with E-state index in [0.29, 0.717) is 24.3 Å². The predicted octanol–water partition coefficient (Wildman–Crippen LogP) is 2.83. The molecule has 1 aromatic rings. The lowest BCUT2D eigenvalue weighted by Gasteiger charge is -2.41. The molecular weight excluding hydrogens is 238 g/mol. The van der Waals surface area contributed by atoms with Gasteiger partial charge >= 0.3 is 0 Å². The molecule has 1 fully saturated rings. The summed E-state index contributed by atoms with van der Waals surface area (Å²) in [6.45, 7) is 7.41. The standard InChI is InChI=1S/C16H23NO2/c1-11-7-12(2)13(3)17(10-11)16(19)9-14-5-4-6-15(18)8-14/h4-6,8,11-13,18H,7,9-10H2,1-3H3. The van der Waals surface area contributed by atoms with Crippen LogP contribution in [0.1, 0.15) is 32.8 Å². The van der Waals surface area contributed by atoms with Crippen molar-refractivity contribution in [3.05, 3.63) is 29.8 Å². The zero-order valence-corrected chi connectivity index (χ0v) is 12.0. The predicted molar refractivity (Wildman–Crippen MR) is 75.9 cm³/mol. The van der Waals surface area contributed by atoms with Crippen molar-refractivity contribution >= 4 is 5.91 Å². The largest absolute Gasteiger partial charge is 0.508 e. The lowest BCUT2D eigenvalue weighted by molar-refractivity contribution is -0.136. The van der Waals surface area contributed by atoms with Gasteiger partial charge < -0.3 is 10.0 Å². The van der Waals surface area contributed by atoms with E-state index in [1.165, 1.54) is 6.42 Å². The van der Waals surface area contributed by atoms with Crippen LogP contribution in [0.5, 0.6) is 5.75 Å². The van der Waals surface area contributed by atoms with Crippen molar-refractivity contribution in [2.45, 2.75) is 39.7 Å².